The average Bonchev–Trinajstić information content (AvgIpc) is 2.19. The lowest BCUT2D eigenvalue weighted by Crippen LogP contribution is -2.32. The molecular formula is C11H18N2O. The van der Waals surface area contributed by atoms with E-state index in [2.05, 4.69) is 24.1 Å². The number of nitrogens with one attached hydrogen (secondary N) is 1. The van der Waals surface area contributed by atoms with E-state index in [4.69, 9.17) is 4.74 Å². The number of rotatable bonds is 5. The molecule has 1 aromatic heterocycles. The van der Waals surface area contributed by atoms with E-state index in [1.54, 1.807) is 7.11 Å². The van der Waals surface area contributed by atoms with E-state index in [-0.39, 0.29) is 6.04 Å². The molecule has 0 aromatic carbocycles. The summed E-state index contributed by atoms with van der Waals surface area (Å²) in [4.78, 5) is 4.29. The van der Waals surface area contributed by atoms with Crippen LogP contribution in [0.15, 0.2) is 24.4 Å². The number of methoxy groups -OCH3 is 1. The van der Waals surface area contributed by atoms with Crippen molar-refractivity contribution in [2.45, 2.75) is 25.9 Å². The molecule has 1 heterocycles. The van der Waals surface area contributed by atoms with Crippen LogP contribution in [0.5, 0.6) is 0 Å². The van der Waals surface area contributed by atoms with Gasteiger partial charge in [-0.15, -0.1) is 0 Å². The fourth-order valence-electron chi connectivity index (χ4n) is 1.44. The van der Waals surface area contributed by atoms with Crippen molar-refractivity contribution in [2.24, 2.45) is 0 Å². The van der Waals surface area contributed by atoms with Crippen LogP contribution >= 0.6 is 0 Å². The second-order valence-electron chi connectivity index (χ2n) is 3.50. The zero-order valence-corrected chi connectivity index (χ0v) is 9.03. The summed E-state index contributed by atoms with van der Waals surface area (Å²) in [6.45, 7) is 4.93. The number of hydrogen-bond donors (Lipinski definition) is 1. The fourth-order valence-corrected chi connectivity index (χ4v) is 1.44. The van der Waals surface area contributed by atoms with E-state index in [0.29, 0.717) is 6.04 Å². The maximum Gasteiger partial charge on any atom is 0.0613 e. The summed E-state index contributed by atoms with van der Waals surface area (Å²) in [6, 6.07) is 6.56. The molecule has 0 radical (unpaired) electrons. The maximum atomic E-state index is 5.06. The van der Waals surface area contributed by atoms with Crippen molar-refractivity contribution in [1.82, 2.24) is 10.3 Å². The molecule has 0 aliphatic heterocycles. The molecular weight excluding hydrogens is 176 g/mol. The molecule has 0 bridgehead atoms. The predicted octanol–water partition coefficient (Wildman–Crippen LogP) is 1.77. The average molecular weight is 194 g/mol. The number of pyridine rings is 1. The first-order valence-corrected chi connectivity index (χ1v) is 4.90. The van der Waals surface area contributed by atoms with Crippen LogP contribution in [0, 0.1) is 0 Å². The third-order valence-electron chi connectivity index (χ3n) is 2.08. The van der Waals surface area contributed by atoms with Gasteiger partial charge in [-0.3, -0.25) is 4.98 Å². The third-order valence-corrected chi connectivity index (χ3v) is 2.08. The van der Waals surface area contributed by atoms with Gasteiger partial charge in [-0.05, 0) is 26.0 Å². The predicted molar refractivity (Wildman–Crippen MR) is 57.1 cm³/mol. The summed E-state index contributed by atoms with van der Waals surface area (Å²) in [5, 5.41) is 3.41. The molecule has 3 heteroatoms. The minimum Gasteiger partial charge on any atom is -0.383 e. The van der Waals surface area contributed by atoms with Gasteiger partial charge in [-0.25, -0.2) is 0 Å². The Morgan fingerprint density at radius 2 is 2.21 bits per heavy atom. The van der Waals surface area contributed by atoms with Crippen molar-refractivity contribution in [3.05, 3.63) is 30.1 Å². The van der Waals surface area contributed by atoms with Crippen LogP contribution in [0.4, 0.5) is 0 Å². The molecule has 3 nitrogen and oxygen atoms in total. The maximum absolute atomic E-state index is 5.06. The van der Waals surface area contributed by atoms with Crippen molar-refractivity contribution in [3.63, 3.8) is 0 Å². The summed E-state index contributed by atoms with van der Waals surface area (Å²) < 4.78 is 5.06. The number of aromatic nitrogens is 1. The Balaban J connectivity index is 2.46. The van der Waals surface area contributed by atoms with Gasteiger partial charge in [-0.1, -0.05) is 6.07 Å². The van der Waals surface area contributed by atoms with Crippen LogP contribution in [-0.2, 0) is 4.74 Å². The van der Waals surface area contributed by atoms with Gasteiger partial charge < -0.3 is 10.1 Å². The molecule has 0 fully saturated rings. The van der Waals surface area contributed by atoms with Crippen LogP contribution in [0.2, 0.25) is 0 Å². The summed E-state index contributed by atoms with van der Waals surface area (Å²) in [6.07, 6.45) is 1.81. The Hall–Kier alpha value is -0.930. The molecule has 2 atom stereocenters. The molecule has 0 aliphatic carbocycles. The minimum atomic E-state index is 0.265. The first-order chi connectivity index (χ1) is 6.74. The zero-order chi connectivity index (χ0) is 10.4. The lowest BCUT2D eigenvalue weighted by molar-refractivity contribution is 0.167. The standard InChI is InChI=1S/C11H18N2O/c1-9(8-14-3)13-10(2)11-6-4-5-7-12-11/h4-7,9-10,13H,8H2,1-3H3/t9?,10-/m1/s1. The molecule has 1 aromatic rings. The number of hydrogen-bond acceptors (Lipinski definition) is 3. The highest BCUT2D eigenvalue weighted by Crippen LogP contribution is 2.08. The van der Waals surface area contributed by atoms with Crippen molar-refractivity contribution in [2.75, 3.05) is 13.7 Å². The fraction of sp³-hybridized carbons (Fsp3) is 0.545. The first-order valence-electron chi connectivity index (χ1n) is 4.90. The van der Waals surface area contributed by atoms with E-state index >= 15 is 0 Å². The molecule has 1 rings (SSSR count). The highest BCUT2D eigenvalue weighted by atomic mass is 16.5. The topological polar surface area (TPSA) is 34.1 Å². The van der Waals surface area contributed by atoms with Crippen LogP contribution < -0.4 is 5.32 Å². The molecule has 1 N–H and O–H groups in total. The lowest BCUT2D eigenvalue weighted by Gasteiger charge is -2.18. The molecule has 78 valence electrons. The van der Waals surface area contributed by atoms with Crippen molar-refractivity contribution in [1.29, 1.82) is 0 Å². The van der Waals surface area contributed by atoms with Crippen LogP contribution in [0.3, 0.4) is 0 Å². The largest absolute Gasteiger partial charge is 0.383 e. The SMILES string of the molecule is COCC(C)N[C@H](C)c1ccccn1. The van der Waals surface area contributed by atoms with Crippen LogP contribution in [0.25, 0.3) is 0 Å². The quantitative estimate of drug-likeness (QED) is 0.775. The summed E-state index contributed by atoms with van der Waals surface area (Å²) in [5.74, 6) is 0. The van der Waals surface area contributed by atoms with E-state index < -0.39 is 0 Å². The third kappa shape index (κ3) is 3.44. The van der Waals surface area contributed by atoms with Gasteiger partial charge >= 0.3 is 0 Å². The highest BCUT2D eigenvalue weighted by molar-refractivity contribution is 5.07. The molecule has 1 unspecified atom stereocenters. The Labute approximate surface area is 85.5 Å². The van der Waals surface area contributed by atoms with Gasteiger partial charge in [-0.2, -0.15) is 0 Å². The van der Waals surface area contributed by atoms with Crippen molar-refractivity contribution >= 4 is 0 Å². The molecule has 0 amide bonds. The molecule has 0 aliphatic rings. The molecule has 0 saturated heterocycles. The van der Waals surface area contributed by atoms with Crippen molar-refractivity contribution in [3.8, 4) is 0 Å². The smallest absolute Gasteiger partial charge is 0.0613 e. The van der Waals surface area contributed by atoms with Crippen LogP contribution in [0.1, 0.15) is 25.6 Å². The van der Waals surface area contributed by atoms with E-state index in [1.807, 2.05) is 24.4 Å². The van der Waals surface area contributed by atoms with E-state index in [1.165, 1.54) is 0 Å². The van der Waals surface area contributed by atoms with Gasteiger partial charge in [0.2, 0.25) is 0 Å². The molecule has 0 saturated carbocycles. The number of ether oxygens (including phenoxy) is 1. The monoisotopic (exact) mass is 194 g/mol. The van der Waals surface area contributed by atoms with Crippen molar-refractivity contribution < 1.29 is 4.74 Å². The minimum absolute atomic E-state index is 0.265. The number of nitrogens with zero attached hydrogens (tertiary/aromatic N) is 1. The van der Waals surface area contributed by atoms with E-state index in [9.17, 15) is 0 Å². The van der Waals surface area contributed by atoms with Gasteiger partial charge in [0.25, 0.3) is 0 Å². The highest BCUT2D eigenvalue weighted by Gasteiger charge is 2.09. The Kier molecular flexibility index (Phi) is 4.56. The summed E-state index contributed by atoms with van der Waals surface area (Å²) >= 11 is 0. The van der Waals surface area contributed by atoms with Gasteiger partial charge in [0.05, 0.1) is 12.3 Å². The molecule has 0 spiro atoms. The summed E-state index contributed by atoms with van der Waals surface area (Å²) in [5.41, 5.74) is 1.07. The Morgan fingerprint density at radius 1 is 1.43 bits per heavy atom. The lowest BCUT2D eigenvalue weighted by atomic mass is 10.2. The normalized spacial score (nSPS) is 15.1. The first kappa shape index (κ1) is 11.1. The Bertz CT molecular complexity index is 251. The second kappa shape index (κ2) is 5.73. The zero-order valence-electron chi connectivity index (χ0n) is 9.03. The van der Waals surface area contributed by atoms with E-state index in [0.717, 1.165) is 12.3 Å². The van der Waals surface area contributed by atoms with Crippen LogP contribution in [-0.4, -0.2) is 24.7 Å². The Morgan fingerprint density at radius 3 is 2.79 bits per heavy atom. The van der Waals surface area contributed by atoms with Gasteiger partial charge in [0, 0.05) is 25.4 Å². The van der Waals surface area contributed by atoms with Gasteiger partial charge in [0.15, 0.2) is 0 Å². The summed E-state index contributed by atoms with van der Waals surface area (Å²) in [7, 11) is 1.71. The second-order valence-corrected chi connectivity index (χ2v) is 3.50. The molecule has 14 heavy (non-hydrogen) atoms. The van der Waals surface area contributed by atoms with Gasteiger partial charge in [0.1, 0.15) is 0 Å².